The van der Waals surface area contributed by atoms with Crippen molar-refractivity contribution < 1.29 is 19.0 Å². The summed E-state index contributed by atoms with van der Waals surface area (Å²) in [4.78, 5) is 11.4. The fourth-order valence-corrected chi connectivity index (χ4v) is 1.22. The zero-order valence-corrected chi connectivity index (χ0v) is 10.6. The van der Waals surface area contributed by atoms with Gasteiger partial charge >= 0.3 is 0 Å². The van der Waals surface area contributed by atoms with Gasteiger partial charge in [0, 0.05) is 6.54 Å². The van der Waals surface area contributed by atoms with Gasteiger partial charge in [0.2, 0.25) is 5.91 Å². The van der Waals surface area contributed by atoms with Crippen molar-refractivity contribution in [2.45, 2.75) is 25.9 Å². The number of benzene rings is 1. The van der Waals surface area contributed by atoms with E-state index in [9.17, 15) is 14.3 Å². The number of rotatable bonds is 6. The van der Waals surface area contributed by atoms with Gasteiger partial charge in [0.15, 0.2) is 11.6 Å². The molecule has 0 aliphatic heterocycles. The van der Waals surface area contributed by atoms with E-state index in [-0.39, 0.29) is 31.2 Å². The largest absolute Gasteiger partial charge is 0.490 e. The average molecular weight is 255 g/mol. The first-order chi connectivity index (χ1) is 8.38. The molecule has 1 aromatic carbocycles. The molecule has 0 aliphatic rings. The third-order valence-corrected chi connectivity index (χ3v) is 2.14. The smallest absolute Gasteiger partial charge is 0.223 e. The SMILES string of the molecule is CC(C)(O)CNC(=O)CCOc1ccccc1F. The molecule has 0 unspecified atom stereocenters. The Morgan fingerprint density at radius 1 is 1.44 bits per heavy atom. The Bertz CT molecular complexity index is 401. The van der Waals surface area contributed by atoms with Crippen LogP contribution in [0.1, 0.15) is 20.3 Å². The number of hydrogen-bond donors (Lipinski definition) is 2. The standard InChI is InChI=1S/C13H18FNO3/c1-13(2,17)9-15-12(16)7-8-18-11-6-4-3-5-10(11)14/h3-6,17H,7-9H2,1-2H3,(H,15,16). The number of amides is 1. The molecule has 0 spiro atoms. The molecule has 0 radical (unpaired) electrons. The summed E-state index contributed by atoms with van der Waals surface area (Å²) in [6, 6.07) is 6.03. The number of halogens is 1. The summed E-state index contributed by atoms with van der Waals surface area (Å²) in [5, 5.41) is 12.0. The molecule has 1 aromatic rings. The van der Waals surface area contributed by atoms with Gasteiger partial charge in [0.05, 0.1) is 18.6 Å². The third-order valence-electron chi connectivity index (χ3n) is 2.14. The normalized spacial score (nSPS) is 11.1. The maximum absolute atomic E-state index is 13.2. The lowest BCUT2D eigenvalue weighted by molar-refractivity contribution is -0.122. The highest BCUT2D eigenvalue weighted by Gasteiger charge is 2.13. The summed E-state index contributed by atoms with van der Waals surface area (Å²) >= 11 is 0. The molecule has 5 heteroatoms. The summed E-state index contributed by atoms with van der Waals surface area (Å²) in [7, 11) is 0. The van der Waals surface area contributed by atoms with Gasteiger partial charge < -0.3 is 15.2 Å². The topological polar surface area (TPSA) is 58.6 Å². The molecule has 1 amide bonds. The Hall–Kier alpha value is -1.62. The molecule has 0 bridgehead atoms. The van der Waals surface area contributed by atoms with Gasteiger partial charge in [-0.25, -0.2) is 4.39 Å². The van der Waals surface area contributed by atoms with Crippen LogP contribution in [0.4, 0.5) is 4.39 Å². The highest BCUT2D eigenvalue weighted by atomic mass is 19.1. The highest BCUT2D eigenvalue weighted by molar-refractivity contribution is 5.76. The van der Waals surface area contributed by atoms with Crippen molar-refractivity contribution in [2.24, 2.45) is 0 Å². The molecule has 4 nitrogen and oxygen atoms in total. The second kappa shape index (κ2) is 6.35. The third kappa shape index (κ3) is 5.63. The number of para-hydroxylation sites is 1. The molecule has 2 N–H and O–H groups in total. The van der Waals surface area contributed by atoms with Crippen LogP contribution in [0.3, 0.4) is 0 Å². The van der Waals surface area contributed by atoms with E-state index in [0.717, 1.165) is 0 Å². The number of carbonyl (C=O) groups excluding carboxylic acids is 1. The van der Waals surface area contributed by atoms with Gasteiger partial charge in [-0.15, -0.1) is 0 Å². The summed E-state index contributed by atoms with van der Waals surface area (Å²) in [6.07, 6.45) is 0.115. The van der Waals surface area contributed by atoms with E-state index in [1.54, 1.807) is 26.0 Å². The van der Waals surface area contributed by atoms with Gasteiger partial charge in [-0.1, -0.05) is 12.1 Å². The van der Waals surface area contributed by atoms with E-state index in [2.05, 4.69) is 5.32 Å². The van der Waals surface area contributed by atoms with Crippen LogP contribution >= 0.6 is 0 Å². The zero-order chi connectivity index (χ0) is 13.6. The van der Waals surface area contributed by atoms with Gasteiger partial charge in [-0.2, -0.15) is 0 Å². The molecule has 0 saturated heterocycles. The lowest BCUT2D eigenvalue weighted by Crippen LogP contribution is -2.38. The van der Waals surface area contributed by atoms with E-state index < -0.39 is 11.4 Å². The molecular formula is C13H18FNO3. The quantitative estimate of drug-likeness (QED) is 0.809. The Labute approximate surface area is 106 Å². The molecule has 0 fully saturated rings. The van der Waals surface area contributed by atoms with E-state index in [1.165, 1.54) is 12.1 Å². The lowest BCUT2D eigenvalue weighted by Gasteiger charge is -2.17. The monoisotopic (exact) mass is 255 g/mol. The van der Waals surface area contributed by atoms with Crippen LogP contribution in [0.25, 0.3) is 0 Å². The van der Waals surface area contributed by atoms with Crippen LogP contribution in [0.15, 0.2) is 24.3 Å². The Morgan fingerprint density at radius 2 is 2.11 bits per heavy atom. The van der Waals surface area contributed by atoms with Crippen molar-refractivity contribution in [3.8, 4) is 5.75 Å². The molecular weight excluding hydrogens is 237 g/mol. The van der Waals surface area contributed by atoms with Crippen molar-refractivity contribution in [3.63, 3.8) is 0 Å². The number of ether oxygens (including phenoxy) is 1. The Balaban J connectivity index is 2.26. The van der Waals surface area contributed by atoms with Gasteiger partial charge in [-0.3, -0.25) is 4.79 Å². The molecule has 0 atom stereocenters. The van der Waals surface area contributed by atoms with Gasteiger partial charge in [0.1, 0.15) is 0 Å². The number of aliphatic hydroxyl groups is 1. The summed E-state index contributed by atoms with van der Waals surface area (Å²) in [6.45, 7) is 3.47. The fourth-order valence-electron chi connectivity index (χ4n) is 1.22. The van der Waals surface area contributed by atoms with Gasteiger partial charge in [0.25, 0.3) is 0 Å². The first-order valence-electron chi connectivity index (χ1n) is 5.75. The molecule has 18 heavy (non-hydrogen) atoms. The van der Waals surface area contributed by atoms with E-state index in [1.807, 2.05) is 0 Å². The number of hydrogen-bond acceptors (Lipinski definition) is 3. The fraction of sp³-hybridized carbons (Fsp3) is 0.462. The van der Waals surface area contributed by atoms with Crippen LogP contribution in [-0.4, -0.2) is 29.8 Å². The van der Waals surface area contributed by atoms with Crippen LogP contribution in [0.5, 0.6) is 5.75 Å². The summed E-state index contributed by atoms with van der Waals surface area (Å²) in [5.41, 5.74) is -0.942. The minimum atomic E-state index is -0.942. The Morgan fingerprint density at radius 3 is 2.72 bits per heavy atom. The molecule has 0 heterocycles. The molecule has 0 saturated carbocycles. The molecule has 0 aliphatic carbocycles. The average Bonchev–Trinajstić information content (AvgIpc) is 2.28. The minimum absolute atomic E-state index is 0.0959. The van der Waals surface area contributed by atoms with Crippen LogP contribution < -0.4 is 10.1 Å². The predicted octanol–water partition coefficient (Wildman–Crippen LogP) is 1.48. The highest BCUT2D eigenvalue weighted by Crippen LogP contribution is 2.15. The lowest BCUT2D eigenvalue weighted by atomic mass is 10.1. The van der Waals surface area contributed by atoms with Crippen LogP contribution in [0.2, 0.25) is 0 Å². The predicted molar refractivity (Wildman–Crippen MR) is 65.8 cm³/mol. The number of carbonyl (C=O) groups is 1. The van der Waals surface area contributed by atoms with Gasteiger partial charge in [-0.05, 0) is 26.0 Å². The second-order valence-electron chi connectivity index (χ2n) is 4.62. The van der Waals surface area contributed by atoms with E-state index in [0.29, 0.717) is 0 Å². The summed E-state index contributed by atoms with van der Waals surface area (Å²) < 4.78 is 18.3. The molecule has 100 valence electrons. The van der Waals surface area contributed by atoms with Crippen LogP contribution in [-0.2, 0) is 4.79 Å². The Kier molecular flexibility index (Phi) is 5.09. The maximum Gasteiger partial charge on any atom is 0.223 e. The maximum atomic E-state index is 13.2. The molecule has 1 rings (SSSR count). The van der Waals surface area contributed by atoms with Crippen molar-refractivity contribution in [3.05, 3.63) is 30.1 Å². The van der Waals surface area contributed by atoms with Crippen LogP contribution in [0, 0.1) is 5.82 Å². The van der Waals surface area contributed by atoms with Crippen molar-refractivity contribution in [1.82, 2.24) is 5.32 Å². The van der Waals surface area contributed by atoms with E-state index in [4.69, 9.17) is 4.74 Å². The first kappa shape index (κ1) is 14.4. The zero-order valence-electron chi connectivity index (χ0n) is 10.6. The minimum Gasteiger partial charge on any atom is -0.490 e. The van der Waals surface area contributed by atoms with Crippen molar-refractivity contribution in [2.75, 3.05) is 13.2 Å². The first-order valence-corrected chi connectivity index (χ1v) is 5.75. The summed E-state index contributed by atoms with van der Waals surface area (Å²) in [5.74, 6) is -0.560. The second-order valence-corrected chi connectivity index (χ2v) is 4.62. The van der Waals surface area contributed by atoms with Crippen molar-refractivity contribution in [1.29, 1.82) is 0 Å². The van der Waals surface area contributed by atoms with Crippen molar-refractivity contribution >= 4 is 5.91 Å². The number of nitrogens with one attached hydrogen (secondary N) is 1. The van der Waals surface area contributed by atoms with E-state index >= 15 is 0 Å². The molecule has 0 aromatic heterocycles.